The van der Waals surface area contributed by atoms with Crippen LogP contribution in [0, 0.1) is 11.8 Å². The van der Waals surface area contributed by atoms with Crippen molar-refractivity contribution in [3.63, 3.8) is 0 Å². The van der Waals surface area contributed by atoms with Gasteiger partial charge in [0.2, 0.25) is 10.0 Å². The smallest absolute Gasteiger partial charge is 0.240 e. The predicted molar refractivity (Wildman–Crippen MR) is 67.3 cm³/mol. The summed E-state index contributed by atoms with van der Waals surface area (Å²) in [6.07, 6.45) is 0. The highest BCUT2D eigenvalue weighted by Gasteiger charge is 2.16. The molecule has 96 valence electrons. The highest BCUT2D eigenvalue weighted by atomic mass is 32.2. The number of hydrogen-bond donors (Lipinski definition) is 2. The lowest BCUT2D eigenvalue weighted by atomic mass is 9.99. The van der Waals surface area contributed by atoms with Crippen molar-refractivity contribution in [2.24, 2.45) is 11.8 Å². The molecule has 0 bridgehead atoms. The summed E-state index contributed by atoms with van der Waals surface area (Å²) >= 11 is 0. The first-order valence-corrected chi connectivity index (χ1v) is 7.10. The maximum Gasteiger partial charge on any atom is 0.240 e. The molecule has 0 saturated heterocycles. The van der Waals surface area contributed by atoms with Gasteiger partial charge in [-0.05, 0) is 30.0 Å². The van der Waals surface area contributed by atoms with Crippen LogP contribution < -0.4 is 4.72 Å². The van der Waals surface area contributed by atoms with E-state index in [9.17, 15) is 13.5 Å². The molecule has 1 aromatic rings. The fraction of sp³-hybridized carbons (Fsp3) is 0.500. The van der Waals surface area contributed by atoms with Crippen molar-refractivity contribution in [1.82, 2.24) is 4.72 Å². The largest absolute Gasteiger partial charge is 0.508 e. The van der Waals surface area contributed by atoms with Gasteiger partial charge >= 0.3 is 0 Å². The molecule has 0 radical (unpaired) electrons. The molecule has 5 heteroatoms. The molecule has 2 N–H and O–H groups in total. The molecule has 4 nitrogen and oxygen atoms in total. The lowest BCUT2D eigenvalue weighted by molar-refractivity contribution is 0.414. The molecule has 1 atom stereocenters. The number of benzene rings is 1. The number of hydrogen-bond acceptors (Lipinski definition) is 3. The van der Waals surface area contributed by atoms with Gasteiger partial charge in [0.15, 0.2) is 0 Å². The molecule has 0 amide bonds. The summed E-state index contributed by atoms with van der Waals surface area (Å²) in [5, 5.41) is 9.25. The molecule has 0 aromatic heterocycles. The molecular weight excluding hydrogens is 238 g/mol. The third-order valence-electron chi connectivity index (χ3n) is 2.86. The molecular formula is C12H19NO3S. The van der Waals surface area contributed by atoms with Gasteiger partial charge in [0, 0.05) is 6.54 Å². The van der Waals surface area contributed by atoms with Crippen LogP contribution in [0.5, 0.6) is 5.75 Å². The summed E-state index contributed by atoms with van der Waals surface area (Å²) in [5.41, 5.74) is 0. The second kappa shape index (κ2) is 5.51. The second-order valence-electron chi connectivity index (χ2n) is 4.57. The predicted octanol–water partition coefficient (Wildman–Crippen LogP) is 1.96. The van der Waals surface area contributed by atoms with E-state index in [2.05, 4.69) is 4.72 Å². The minimum Gasteiger partial charge on any atom is -0.508 e. The molecule has 0 aliphatic carbocycles. The van der Waals surface area contributed by atoms with Gasteiger partial charge in [-0.15, -0.1) is 0 Å². The third-order valence-corrected chi connectivity index (χ3v) is 4.28. The van der Waals surface area contributed by atoms with Crippen LogP contribution >= 0.6 is 0 Å². The van der Waals surface area contributed by atoms with E-state index in [1.807, 2.05) is 20.8 Å². The lowest BCUT2D eigenvalue weighted by Gasteiger charge is -2.16. The van der Waals surface area contributed by atoms with Gasteiger partial charge in [0.25, 0.3) is 0 Å². The van der Waals surface area contributed by atoms with Gasteiger partial charge in [0.1, 0.15) is 5.75 Å². The zero-order valence-corrected chi connectivity index (χ0v) is 11.2. The van der Waals surface area contributed by atoms with E-state index < -0.39 is 10.0 Å². The molecule has 1 rings (SSSR count). The zero-order chi connectivity index (χ0) is 13.1. The Morgan fingerprint density at radius 2 is 1.94 bits per heavy atom. The van der Waals surface area contributed by atoms with Crippen LogP contribution in [0.3, 0.4) is 0 Å². The summed E-state index contributed by atoms with van der Waals surface area (Å²) in [6.45, 7) is 6.49. The summed E-state index contributed by atoms with van der Waals surface area (Å²) in [5.74, 6) is 0.633. The van der Waals surface area contributed by atoms with Crippen LogP contribution in [0.15, 0.2) is 29.2 Å². The number of sulfonamides is 1. The average Bonchev–Trinajstić information content (AvgIpc) is 2.26. The van der Waals surface area contributed by atoms with Crippen LogP contribution in [-0.4, -0.2) is 20.1 Å². The van der Waals surface area contributed by atoms with Crippen LogP contribution in [0.1, 0.15) is 20.8 Å². The van der Waals surface area contributed by atoms with Crippen LogP contribution in [0.4, 0.5) is 0 Å². The Labute approximate surface area is 103 Å². The van der Waals surface area contributed by atoms with Gasteiger partial charge in [-0.25, -0.2) is 13.1 Å². The first kappa shape index (κ1) is 14.0. The summed E-state index contributed by atoms with van der Waals surface area (Å²) in [6, 6.07) is 5.65. The maximum atomic E-state index is 11.9. The summed E-state index contributed by atoms with van der Waals surface area (Å²) in [4.78, 5) is 0.0912. The highest BCUT2D eigenvalue weighted by molar-refractivity contribution is 7.89. The van der Waals surface area contributed by atoms with Crippen molar-refractivity contribution < 1.29 is 13.5 Å². The summed E-state index contributed by atoms with van der Waals surface area (Å²) < 4.78 is 26.3. The Hall–Kier alpha value is -1.07. The minimum absolute atomic E-state index is 0.0511. The zero-order valence-electron chi connectivity index (χ0n) is 10.3. The molecule has 1 unspecified atom stereocenters. The van der Waals surface area contributed by atoms with E-state index in [1.165, 1.54) is 24.3 Å². The second-order valence-corrected chi connectivity index (χ2v) is 6.34. The molecule has 0 saturated carbocycles. The van der Waals surface area contributed by atoms with E-state index in [-0.39, 0.29) is 16.6 Å². The van der Waals surface area contributed by atoms with Crippen molar-refractivity contribution in [2.75, 3.05) is 6.54 Å². The van der Waals surface area contributed by atoms with Crippen molar-refractivity contribution in [1.29, 1.82) is 0 Å². The topological polar surface area (TPSA) is 66.4 Å². The maximum absolute atomic E-state index is 11.9. The number of phenols is 1. The Morgan fingerprint density at radius 3 is 2.47 bits per heavy atom. The molecule has 1 aromatic carbocycles. The van der Waals surface area contributed by atoms with Crippen molar-refractivity contribution >= 4 is 10.0 Å². The van der Waals surface area contributed by atoms with Gasteiger partial charge in [0.05, 0.1) is 4.90 Å². The van der Waals surface area contributed by atoms with Gasteiger partial charge in [-0.2, -0.15) is 0 Å². The molecule has 0 spiro atoms. The van der Waals surface area contributed by atoms with E-state index in [4.69, 9.17) is 0 Å². The fourth-order valence-electron chi connectivity index (χ4n) is 1.21. The quantitative estimate of drug-likeness (QED) is 0.847. The lowest BCUT2D eigenvalue weighted by Crippen LogP contribution is -2.30. The van der Waals surface area contributed by atoms with Crippen LogP contribution in [0.25, 0.3) is 0 Å². The summed E-state index contributed by atoms with van der Waals surface area (Å²) in [7, 11) is -3.52. The first-order valence-electron chi connectivity index (χ1n) is 5.61. The average molecular weight is 257 g/mol. The number of rotatable bonds is 5. The number of phenolic OH excluding ortho intramolecular Hbond substituents is 1. The SMILES string of the molecule is CC(C)C(C)CNS(=O)(=O)c1cccc(O)c1. The standard InChI is InChI=1S/C12H19NO3S/c1-9(2)10(3)8-13-17(15,16)12-6-4-5-11(14)7-12/h4-7,9-10,13-14H,8H2,1-3H3. The molecule has 0 aliphatic rings. The van der Waals surface area contributed by atoms with E-state index in [1.54, 1.807) is 0 Å². The monoisotopic (exact) mass is 257 g/mol. The molecule has 0 fully saturated rings. The van der Waals surface area contributed by atoms with Crippen molar-refractivity contribution in [3.8, 4) is 5.75 Å². The van der Waals surface area contributed by atoms with E-state index >= 15 is 0 Å². The Bertz CT molecular complexity index is 468. The van der Waals surface area contributed by atoms with E-state index in [0.717, 1.165) is 0 Å². The van der Waals surface area contributed by atoms with Crippen LogP contribution in [-0.2, 0) is 10.0 Å². The van der Waals surface area contributed by atoms with Crippen LogP contribution in [0.2, 0.25) is 0 Å². The molecule has 17 heavy (non-hydrogen) atoms. The van der Waals surface area contributed by atoms with Gasteiger partial charge < -0.3 is 5.11 Å². The third kappa shape index (κ3) is 4.02. The Kier molecular flexibility index (Phi) is 4.54. The minimum atomic E-state index is -3.52. The van der Waals surface area contributed by atoms with Gasteiger partial charge in [-0.3, -0.25) is 0 Å². The Morgan fingerprint density at radius 1 is 1.29 bits per heavy atom. The fourth-order valence-corrected chi connectivity index (χ4v) is 2.39. The first-order chi connectivity index (χ1) is 7.83. The van der Waals surface area contributed by atoms with Gasteiger partial charge in [-0.1, -0.05) is 26.8 Å². The van der Waals surface area contributed by atoms with Crippen molar-refractivity contribution in [2.45, 2.75) is 25.7 Å². The van der Waals surface area contributed by atoms with Crippen molar-refractivity contribution in [3.05, 3.63) is 24.3 Å². The Balaban J connectivity index is 2.76. The number of aromatic hydroxyl groups is 1. The molecule has 0 aliphatic heterocycles. The normalized spacial score (nSPS) is 13.9. The molecule has 0 heterocycles. The highest BCUT2D eigenvalue weighted by Crippen LogP contribution is 2.16. The number of nitrogens with one attached hydrogen (secondary N) is 1. The van der Waals surface area contributed by atoms with E-state index in [0.29, 0.717) is 12.5 Å².